The van der Waals surface area contributed by atoms with Crippen LogP contribution in [-0.2, 0) is 16.6 Å². The molecule has 0 spiro atoms. The molecule has 2 amide bonds. The molecule has 0 bridgehead atoms. The van der Waals surface area contributed by atoms with Gasteiger partial charge < -0.3 is 15.4 Å². The number of hydrogen-bond acceptors (Lipinski definition) is 4. The number of rotatable bonds is 5. The number of aromatic nitrogens is 2. The molecule has 136 valence electrons. The van der Waals surface area contributed by atoms with Gasteiger partial charge in [0.2, 0.25) is 5.91 Å². The van der Waals surface area contributed by atoms with Crippen LogP contribution in [0.5, 0.6) is 0 Å². The van der Waals surface area contributed by atoms with Crippen molar-refractivity contribution < 1.29 is 14.3 Å². The number of benzene rings is 1. The molecule has 26 heavy (non-hydrogen) atoms. The van der Waals surface area contributed by atoms with Crippen molar-refractivity contribution in [2.75, 3.05) is 11.9 Å². The van der Waals surface area contributed by atoms with E-state index in [0.29, 0.717) is 17.9 Å². The number of aryl methyl sites for hydroxylation is 1. The maximum Gasteiger partial charge on any atom is 0.251 e. The summed E-state index contributed by atoms with van der Waals surface area (Å²) < 4.78 is 7.60. The van der Waals surface area contributed by atoms with Crippen LogP contribution in [0.3, 0.4) is 0 Å². The van der Waals surface area contributed by atoms with Gasteiger partial charge >= 0.3 is 0 Å². The molecule has 1 aliphatic rings. The van der Waals surface area contributed by atoms with E-state index in [1.807, 2.05) is 13.2 Å². The van der Waals surface area contributed by atoms with Crippen molar-refractivity contribution in [2.24, 2.45) is 7.05 Å². The first-order valence-electron chi connectivity index (χ1n) is 8.51. The Morgan fingerprint density at radius 3 is 3.00 bits per heavy atom. The number of hydrogen-bond donors (Lipinski definition) is 2. The first-order chi connectivity index (χ1) is 12.6. The molecule has 2 atom stereocenters. The molecule has 1 aromatic carbocycles. The van der Waals surface area contributed by atoms with Crippen molar-refractivity contribution in [1.82, 2.24) is 15.1 Å². The zero-order chi connectivity index (χ0) is 18.5. The van der Waals surface area contributed by atoms with Crippen LogP contribution in [0.1, 0.15) is 34.9 Å². The van der Waals surface area contributed by atoms with Crippen LogP contribution < -0.4 is 10.6 Å². The van der Waals surface area contributed by atoms with Crippen LogP contribution in [0.15, 0.2) is 49.3 Å². The van der Waals surface area contributed by atoms with Gasteiger partial charge in [-0.2, -0.15) is 5.10 Å². The van der Waals surface area contributed by atoms with E-state index in [4.69, 9.17) is 4.74 Å². The molecule has 7 heteroatoms. The number of anilines is 1. The van der Waals surface area contributed by atoms with Gasteiger partial charge in [-0.05, 0) is 37.1 Å². The fraction of sp³-hybridized carbons (Fsp3) is 0.316. The van der Waals surface area contributed by atoms with Crippen molar-refractivity contribution in [3.05, 3.63) is 60.4 Å². The fourth-order valence-corrected chi connectivity index (χ4v) is 3.03. The molecule has 3 rings (SSSR count). The van der Waals surface area contributed by atoms with Crippen molar-refractivity contribution in [1.29, 1.82) is 0 Å². The topological polar surface area (TPSA) is 85.2 Å². The van der Waals surface area contributed by atoms with Gasteiger partial charge in [0.25, 0.3) is 5.91 Å². The van der Waals surface area contributed by atoms with Gasteiger partial charge in [0, 0.05) is 36.7 Å². The predicted octanol–water partition coefficient (Wildman–Crippen LogP) is 2.19. The molecule has 2 aromatic rings. The molecule has 1 aromatic heterocycles. The SMILES string of the molecule is C=CC(=O)Nc1cccc(C(=O)N[C@@H]2CCCO[C@H]2c2cnn(C)c2)c1. The second-order valence-corrected chi connectivity index (χ2v) is 6.24. The van der Waals surface area contributed by atoms with Crippen LogP contribution in [-0.4, -0.2) is 34.2 Å². The van der Waals surface area contributed by atoms with Gasteiger partial charge in [0.05, 0.1) is 12.2 Å². The van der Waals surface area contributed by atoms with Crippen molar-refractivity contribution >= 4 is 17.5 Å². The van der Waals surface area contributed by atoms with E-state index in [9.17, 15) is 9.59 Å². The smallest absolute Gasteiger partial charge is 0.251 e. The number of amides is 2. The molecular formula is C19H22N4O3. The Bertz CT molecular complexity index is 815. The summed E-state index contributed by atoms with van der Waals surface area (Å²) in [5.74, 6) is -0.524. The van der Waals surface area contributed by atoms with Crippen LogP contribution in [0.25, 0.3) is 0 Å². The highest BCUT2D eigenvalue weighted by atomic mass is 16.5. The summed E-state index contributed by atoms with van der Waals surface area (Å²) in [5.41, 5.74) is 1.97. The van der Waals surface area contributed by atoms with Crippen molar-refractivity contribution in [3.63, 3.8) is 0 Å². The lowest BCUT2D eigenvalue weighted by Gasteiger charge is -2.31. The first kappa shape index (κ1) is 17.9. The van der Waals surface area contributed by atoms with E-state index < -0.39 is 0 Å². The summed E-state index contributed by atoms with van der Waals surface area (Å²) >= 11 is 0. The Balaban J connectivity index is 1.72. The molecule has 0 radical (unpaired) electrons. The van der Waals surface area contributed by atoms with E-state index >= 15 is 0 Å². The molecule has 2 N–H and O–H groups in total. The second-order valence-electron chi connectivity index (χ2n) is 6.24. The summed E-state index contributed by atoms with van der Waals surface area (Å²) in [7, 11) is 1.85. The van der Waals surface area contributed by atoms with Gasteiger partial charge in [-0.3, -0.25) is 14.3 Å². The van der Waals surface area contributed by atoms with Crippen LogP contribution >= 0.6 is 0 Å². The zero-order valence-electron chi connectivity index (χ0n) is 14.6. The van der Waals surface area contributed by atoms with Gasteiger partial charge in [-0.15, -0.1) is 0 Å². The number of carbonyl (C=O) groups is 2. The summed E-state index contributed by atoms with van der Waals surface area (Å²) in [6, 6.07) is 6.66. The van der Waals surface area contributed by atoms with E-state index in [1.54, 1.807) is 35.1 Å². The van der Waals surface area contributed by atoms with Crippen LogP contribution in [0.4, 0.5) is 5.69 Å². The van der Waals surface area contributed by atoms with Crippen molar-refractivity contribution in [3.8, 4) is 0 Å². The Morgan fingerprint density at radius 2 is 2.27 bits per heavy atom. The van der Waals surface area contributed by atoms with Gasteiger partial charge in [-0.1, -0.05) is 12.6 Å². The Morgan fingerprint density at radius 1 is 1.42 bits per heavy atom. The lowest BCUT2D eigenvalue weighted by atomic mass is 9.97. The maximum absolute atomic E-state index is 12.7. The predicted molar refractivity (Wildman–Crippen MR) is 97.7 cm³/mol. The second kappa shape index (κ2) is 7.97. The van der Waals surface area contributed by atoms with E-state index in [2.05, 4.69) is 22.3 Å². The molecule has 1 aliphatic heterocycles. The minimum Gasteiger partial charge on any atom is -0.371 e. The third kappa shape index (κ3) is 4.18. The van der Waals surface area contributed by atoms with Gasteiger partial charge in [0.1, 0.15) is 6.10 Å². The average molecular weight is 354 g/mol. The van der Waals surface area contributed by atoms with Crippen LogP contribution in [0.2, 0.25) is 0 Å². The molecule has 7 nitrogen and oxygen atoms in total. The Hall–Kier alpha value is -2.93. The van der Waals surface area contributed by atoms with E-state index in [0.717, 1.165) is 18.4 Å². The third-order valence-electron chi connectivity index (χ3n) is 4.27. The van der Waals surface area contributed by atoms with Gasteiger partial charge in [-0.25, -0.2) is 0 Å². The van der Waals surface area contributed by atoms with Gasteiger partial charge in [0.15, 0.2) is 0 Å². The molecule has 0 saturated carbocycles. The van der Waals surface area contributed by atoms with E-state index in [1.165, 1.54) is 6.08 Å². The fourth-order valence-electron chi connectivity index (χ4n) is 3.03. The minimum absolute atomic E-state index is 0.133. The summed E-state index contributed by atoms with van der Waals surface area (Å²) in [6.07, 6.45) is 6.35. The van der Waals surface area contributed by atoms with Crippen LogP contribution in [0, 0.1) is 0 Å². The summed E-state index contributed by atoms with van der Waals surface area (Å²) in [6.45, 7) is 4.08. The number of carbonyl (C=O) groups excluding carboxylic acids is 2. The normalized spacial score (nSPS) is 19.6. The third-order valence-corrected chi connectivity index (χ3v) is 4.27. The number of nitrogens with zero attached hydrogens (tertiary/aromatic N) is 2. The Kier molecular flexibility index (Phi) is 5.48. The van der Waals surface area contributed by atoms with Crippen molar-refractivity contribution in [2.45, 2.75) is 25.0 Å². The molecule has 0 aliphatic carbocycles. The molecule has 1 saturated heterocycles. The van der Waals surface area contributed by atoms with E-state index in [-0.39, 0.29) is 24.0 Å². The highest BCUT2D eigenvalue weighted by Gasteiger charge is 2.30. The molecule has 2 heterocycles. The monoisotopic (exact) mass is 354 g/mol. The largest absolute Gasteiger partial charge is 0.371 e. The lowest BCUT2D eigenvalue weighted by molar-refractivity contribution is -0.111. The average Bonchev–Trinajstić information content (AvgIpc) is 3.08. The summed E-state index contributed by atoms with van der Waals surface area (Å²) in [5, 5.41) is 9.90. The minimum atomic E-state index is -0.320. The quantitative estimate of drug-likeness (QED) is 0.806. The molecular weight excluding hydrogens is 332 g/mol. The Labute approximate surface area is 152 Å². The maximum atomic E-state index is 12.7. The highest BCUT2D eigenvalue weighted by Crippen LogP contribution is 2.28. The number of nitrogens with one attached hydrogen (secondary N) is 2. The number of ether oxygens (including phenoxy) is 1. The zero-order valence-corrected chi connectivity index (χ0v) is 14.6. The summed E-state index contributed by atoms with van der Waals surface area (Å²) in [4.78, 5) is 24.1. The standard InChI is InChI=1S/C19H22N4O3/c1-3-17(24)21-15-7-4-6-13(10-15)19(25)22-16-8-5-9-26-18(16)14-11-20-23(2)12-14/h3-4,6-7,10-12,16,18H,1,5,8-9H2,2H3,(H,21,24)(H,22,25)/t16-,18+/m1/s1. The highest BCUT2D eigenvalue weighted by molar-refractivity contribution is 6.00. The molecule has 1 fully saturated rings. The molecule has 0 unspecified atom stereocenters. The first-order valence-corrected chi connectivity index (χ1v) is 8.51. The lowest BCUT2D eigenvalue weighted by Crippen LogP contribution is -2.42.